The highest BCUT2D eigenvalue weighted by molar-refractivity contribution is 6.15. The van der Waals surface area contributed by atoms with Crippen LogP contribution >= 0.6 is 0 Å². The first kappa shape index (κ1) is 11.5. The lowest BCUT2D eigenvalue weighted by Gasteiger charge is -2.05. The molecule has 0 bridgehead atoms. The Bertz CT molecular complexity index is 369. The summed E-state index contributed by atoms with van der Waals surface area (Å²) >= 11 is 0. The van der Waals surface area contributed by atoms with Crippen molar-refractivity contribution in [3.05, 3.63) is 42.0 Å². The van der Waals surface area contributed by atoms with Crippen molar-refractivity contribution in [3.63, 3.8) is 0 Å². The number of benzene rings is 1. The van der Waals surface area contributed by atoms with Crippen LogP contribution in [0.2, 0.25) is 0 Å². The molecule has 0 spiro atoms. The molecule has 80 valence electrons. The predicted molar refractivity (Wildman–Crippen MR) is 58.2 cm³/mol. The maximum Gasteiger partial charge on any atom is 0.337 e. The number of hydrogen-bond acceptors (Lipinski definition) is 3. The Labute approximate surface area is 89.3 Å². The monoisotopic (exact) mass is 206 g/mol. The van der Waals surface area contributed by atoms with Crippen molar-refractivity contribution < 1.29 is 14.3 Å². The molecule has 0 saturated carbocycles. The van der Waals surface area contributed by atoms with E-state index in [1.54, 1.807) is 7.11 Å². The van der Waals surface area contributed by atoms with E-state index >= 15 is 0 Å². The molecule has 3 nitrogen and oxygen atoms in total. The summed E-state index contributed by atoms with van der Waals surface area (Å²) in [7, 11) is 2.97. The Kier molecular flexibility index (Phi) is 4.06. The van der Waals surface area contributed by atoms with Gasteiger partial charge in [-0.1, -0.05) is 24.8 Å². The maximum atomic E-state index is 11.2. The van der Waals surface area contributed by atoms with Crippen LogP contribution < -0.4 is 0 Å². The number of rotatable bonds is 4. The summed E-state index contributed by atoms with van der Waals surface area (Å²) in [5.74, 6) is -0.412. The lowest BCUT2D eigenvalue weighted by Crippen LogP contribution is -2.03. The summed E-state index contributed by atoms with van der Waals surface area (Å²) in [4.78, 5) is 11.2. The van der Waals surface area contributed by atoms with E-state index in [2.05, 4.69) is 11.3 Å². The molecule has 0 atom stereocenters. The highest BCUT2D eigenvalue weighted by atomic mass is 16.5. The number of hydrogen-bond donors (Lipinski definition) is 0. The van der Waals surface area contributed by atoms with Crippen molar-refractivity contribution in [2.45, 2.75) is 6.61 Å². The van der Waals surface area contributed by atoms with Gasteiger partial charge >= 0.3 is 5.97 Å². The van der Waals surface area contributed by atoms with Gasteiger partial charge in [0.25, 0.3) is 0 Å². The van der Waals surface area contributed by atoms with Gasteiger partial charge in [-0.2, -0.15) is 0 Å². The van der Waals surface area contributed by atoms with E-state index in [-0.39, 0.29) is 0 Å². The minimum absolute atomic E-state index is 0.357. The van der Waals surface area contributed by atoms with Gasteiger partial charge in [-0.15, -0.1) is 0 Å². The third-order valence-corrected chi connectivity index (χ3v) is 2.02. The molecule has 0 aliphatic heterocycles. The van der Waals surface area contributed by atoms with Gasteiger partial charge in [-0.05, 0) is 17.2 Å². The minimum atomic E-state index is -0.412. The number of carbonyl (C=O) groups excluding carboxylic acids is 1. The normalized spacial score (nSPS) is 9.73. The molecule has 1 rings (SSSR count). The van der Waals surface area contributed by atoms with Crippen LogP contribution in [0.5, 0.6) is 0 Å². The lowest BCUT2D eigenvalue weighted by atomic mass is 10.1. The molecule has 0 fully saturated rings. The Morgan fingerprint density at radius 2 is 2.13 bits per heavy atom. The van der Waals surface area contributed by atoms with Crippen LogP contribution in [0.25, 0.3) is 5.57 Å². The molecule has 0 heterocycles. The molecular weight excluding hydrogens is 192 g/mol. The number of methoxy groups -OCH3 is 2. The predicted octanol–water partition coefficient (Wildman–Crippen LogP) is 2.02. The highest BCUT2D eigenvalue weighted by Crippen LogP contribution is 2.15. The SMILES string of the molecule is C=C(C(=O)OC)c1cccc(COC)c1. The van der Waals surface area contributed by atoms with Crippen molar-refractivity contribution >= 4 is 11.5 Å². The Hall–Kier alpha value is -1.61. The molecular formula is C12H14O3. The van der Waals surface area contributed by atoms with Gasteiger partial charge in [-0.25, -0.2) is 4.79 Å². The van der Waals surface area contributed by atoms with Crippen molar-refractivity contribution in [2.75, 3.05) is 14.2 Å². The molecule has 0 aliphatic rings. The molecule has 0 saturated heterocycles. The summed E-state index contributed by atoms with van der Waals surface area (Å²) in [5.41, 5.74) is 2.12. The van der Waals surface area contributed by atoms with Crippen LogP contribution in [0.15, 0.2) is 30.8 Å². The van der Waals surface area contributed by atoms with E-state index in [0.717, 1.165) is 11.1 Å². The van der Waals surface area contributed by atoms with E-state index in [9.17, 15) is 4.79 Å². The zero-order valence-electron chi connectivity index (χ0n) is 8.95. The van der Waals surface area contributed by atoms with E-state index in [4.69, 9.17) is 4.74 Å². The van der Waals surface area contributed by atoms with Crippen molar-refractivity contribution in [1.82, 2.24) is 0 Å². The van der Waals surface area contributed by atoms with Crippen molar-refractivity contribution in [2.24, 2.45) is 0 Å². The van der Waals surface area contributed by atoms with Crippen LogP contribution in [0.4, 0.5) is 0 Å². The Morgan fingerprint density at radius 1 is 1.40 bits per heavy atom. The molecule has 0 aromatic heterocycles. The fraction of sp³-hybridized carbons (Fsp3) is 0.250. The van der Waals surface area contributed by atoms with Crippen LogP contribution in [-0.4, -0.2) is 20.2 Å². The molecule has 0 aliphatic carbocycles. The summed E-state index contributed by atoms with van der Waals surface area (Å²) < 4.78 is 9.60. The molecule has 1 aromatic rings. The second-order valence-electron chi connectivity index (χ2n) is 3.10. The first-order valence-electron chi connectivity index (χ1n) is 4.54. The van der Waals surface area contributed by atoms with Gasteiger partial charge in [0, 0.05) is 7.11 Å². The minimum Gasteiger partial charge on any atom is -0.465 e. The zero-order valence-corrected chi connectivity index (χ0v) is 8.95. The largest absolute Gasteiger partial charge is 0.465 e. The topological polar surface area (TPSA) is 35.5 Å². The second kappa shape index (κ2) is 5.32. The van der Waals surface area contributed by atoms with Gasteiger partial charge in [0.1, 0.15) is 0 Å². The first-order chi connectivity index (χ1) is 7.19. The number of esters is 1. The zero-order chi connectivity index (χ0) is 11.3. The quantitative estimate of drug-likeness (QED) is 0.558. The fourth-order valence-corrected chi connectivity index (χ4v) is 1.26. The smallest absolute Gasteiger partial charge is 0.337 e. The molecule has 3 heteroatoms. The number of carbonyl (C=O) groups is 1. The van der Waals surface area contributed by atoms with Crippen LogP contribution in [-0.2, 0) is 20.9 Å². The molecule has 0 amide bonds. The third-order valence-electron chi connectivity index (χ3n) is 2.02. The maximum absolute atomic E-state index is 11.2. The van der Waals surface area contributed by atoms with Crippen LogP contribution in [0.1, 0.15) is 11.1 Å². The van der Waals surface area contributed by atoms with Gasteiger partial charge < -0.3 is 9.47 Å². The standard InChI is InChI=1S/C12H14O3/c1-9(12(13)15-3)11-6-4-5-10(7-11)8-14-2/h4-7H,1,8H2,2-3H3. The molecule has 0 N–H and O–H groups in total. The summed E-state index contributed by atoms with van der Waals surface area (Å²) in [6, 6.07) is 7.47. The summed E-state index contributed by atoms with van der Waals surface area (Å²) in [6.45, 7) is 4.20. The average molecular weight is 206 g/mol. The van der Waals surface area contributed by atoms with E-state index in [0.29, 0.717) is 12.2 Å². The molecule has 1 aromatic carbocycles. The average Bonchev–Trinajstić information content (AvgIpc) is 2.28. The number of ether oxygens (including phenoxy) is 2. The Balaban J connectivity index is 2.90. The van der Waals surface area contributed by atoms with Crippen LogP contribution in [0.3, 0.4) is 0 Å². The van der Waals surface area contributed by atoms with Gasteiger partial charge in [-0.3, -0.25) is 0 Å². The highest BCUT2D eigenvalue weighted by Gasteiger charge is 2.09. The molecule has 0 radical (unpaired) electrons. The fourth-order valence-electron chi connectivity index (χ4n) is 1.26. The molecule has 15 heavy (non-hydrogen) atoms. The van der Waals surface area contributed by atoms with Crippen molar-refractivity contribution in [3.8, 4) is 0 Å². The summed E-state index contributed by atoms with van der Waals surface area (Å²) in [5, 5.41) is 0. The lowest BCUT2D eigenvalue weighted by molar-refractivity contribution is -0.133. The van der Waals surface area contributed by atoms with Gasteiger partial charge in [0.15, 0.2) is 0 Å². The van der Waals surface area contributed by atoms with Crippen molar-refractivity contribution in [1.29, 1.82) is 0 Å². The molecule has 0 unspecified atom stereocenters. The van der Waals surface area contributed by atoms with Crippen LogP contribution in [0, 0.1) is 0 Å². The van der Waals surface area contributed by atoms with E-state index in [1.807, 2.05) is 24.3 Å². The summed E-state index contributed by atoms with van der Waals surface area (Å²) in [6.07, 6.45) is 0. The first-order valence-corrected chi connectivity index (χ1v) is 4.54. The van der Waals surface area contributed by atoms with Gasteiger partial charge in [0.2, 0.25) is 0 Å². The van der Waals surface area contributed by atoms with Gasteiger partial charge in [0.05, 0.1) is 19.3 Å². The second-order valence-corrected chi connectivity index (χ2v) is 3.10. The Morgan fingerprint density at radius 3 is 2.73 bits per heavy atom. The van der Waals surface area contributed by atoms with E-state index in [1.165, 1.54) is 7.11 Å². The third kappa shape index (κ3) is 2.92. The van der Waals surface area contributed by atoms with E-state index < -0.39 is 5.97 Å².